The maximum atomic E-state index is 14.1. The van der Waals surface area contributed by atoms with Crippen molar-refractivity contribution in [2.45, 2.75) is 90.1 Å². The van der Waals surface area contributed by atoms with E-state index in [1.807, 2.05) is 48.5 Å². The molecule has 2 bridgehead atoms. The fourth-order valence-electron chi connectivity index (χ4n) is 6.50. The number of ether oxygens (including phenoxy) is 2. The van der Waals surface area contributed by atoms with Gasteiger partial charge < -0.3 is 30.1 Å². The summed E-state index contributed by atoms with van der Waals surface area (Å²) in [5, 5.41) is 16.2. The molecule has 9 heteroatoms. The van der Waals surface area contributed by atoms with Gasteiger partial charge in [0.15, 0.2) is 0 Å². The molecule has 9 nitrogen and oxygen atoms in total. The number of hydrogen-bond acceptors (Lipinski definition) is 6. The number of nitrogens with zero attached hydrogens (tertiary/aromatic N) is 1. The summed E-state index contributed by atoms with van der Waals surface area (Å²) in [6.07, 6.45) is 1.04. The minimum Gasteiger partial charge on any atom is -0.494 e. The average molecular weight is 516 g/mol. The highest BCUT2D eigenvalue weighted by Crippen LogP contribution is 2.63. The van der Waals surface area contributed by atoms with Crippen molar-refractivity contribution < 1.29 is 29.0 Å². The molecule has 0 saturated carbocycles. The van der Waals surface area contributed by atoms with Gasteiger partial charge in [-0.1, -0.05) is 13.8 Å². The summed E-state index contributed by atoms with van der Waals surface area (Å²) in [6, 6.07) is 5.57. The average Bonchev–Trinajstić information content (AvgIpc) is 3.35. The summed E-state index contributed by atoms with van der Waals surface area (Å²) in [7, 11) is 0. The highest BCUT2D eigenvalue weighted by molar-refractivity contribution is 6.02. The molecule has 0 aromatic heterocycles. The van der Waals surface area contributed by atoms with Crippen molar-refractivity contribution in [1.29, 1.82) is 0 Å². The fraction of sp³-hybridized carbons (Fsp3) is 0.679. The minimum atomic E-state index is -1.13. The summed E-state index contributed by atoms with van der Waals surface area (Å²) in [5.74, 6) is -1.94. The Balaban J connectivity index is 1.71. The van der Waals surface area contributed by atoms with Gasteiger partial charge in [-0.15, -0.1) is 0 Å². The van der Waals surface area contributed by atoms with E-state index in [0.717, 1.165) is 0 Å². The van der Waals surface area contributed by atoms with Crippen molar-refractivity contribution in [1.82, 2.24) is 10.2 Å². The van der Waals surface area contributed by atoms with E-state index >= 15 is 0 Å². The molecule has 1 spiro atoms. The standard InChI is InChI=1S/C28H41N3O6/c1-8-36-18-11-9-17(10-12-18)29-23(33)20-21-25(35)31(19(15-32)16(2)3)22(24(34)30-26(4,5)6)28(21)14-13-27(20,7)37-28/h9-12,16,19-22,32H,8,13-15H2,1-7H3,(H,29,33)(H,30,34)/t19-,20-,21-,22?,27+,28?/m0/s1. The van der Waals surface area contributed by atoms with Crippen molar-refractivity contribution in [3.8, 4) is 5.75 Å². The highest BCUT2D eigenvalue weighted by Gasteiger charge is 2.78. The highest BCUT2D eigenvalue weighted by atomic mass is 16.5. The molecule has 3 heterocycles. The smallest absolute Gasteiger partial charge is 0.246 e. The van der Waals surface area contributed by atoms with Crippen LogP contribution in [0.2, 0.25) is 0 Å². The van der Waals surface area contributed by atoms with Crippen LogP contribution in [0.3, 0.4) is 0 Å². The van der Waals surface area contributed by atoms with Gasteiger partial charge in [-0.3, -0.25) is 14.4 Å². The lowest BCUT2D eigenvalue weighted by atomic mass is 9.66. The van der Waals surface area contributed by atoms with Crippen LogP contribution in [0.1, 0.15) is 61.3 Å². The van der Waals surface area contributed by atoms with Gasteiger partial charge in [-0.05, 0) is 77.6 Å². The van der Waals surface area contributed by atoms with Crippen molar-refractivity contribution in [2.24, 2.45) is 17.8 Å². The lowest BCUT2D eigenvalue weighted by Crippen LogP contribution is -2.61. The Bertz CT molecular complexity index is 1050. The van der Waals surface area contributed by atoms with Crippen molar-refractivity contribution in [2.75, 3.05) is 18.5 Å². The topological polar surface area (TPSA) is 117 Å². The van der Waals surface area contributed by atoms with Crippen LogP contribution in [0.4, 0.5) is 5.69 Å². The minimum absolute atomic E-state index is 0.0990. The number of aliphatic hydroxyl groups is 1. The molecule has 3 aliphatic heterocycles. The van der Waals surface area contributed by atoms with Gasteiger partial charge in [0, 0.05) is 11.2 Å². The first-order valence-corrected chi connectivity index (χ1v) is 13.3. The lowest BCUT2D eigenvalue weighted by Gasteiger charge is -2.39. The van der Waals surface area contributed by atoms with E-state index in [4.69, 9.17) is 9.47 Å². The Morgan fingerprint density at radius 2 is 1.84 bits per heavy atom. The van der Waals surface area contributed by atoms with Crippen LogP contribution in [0, 0.1) is 17.8 Å². The molecule has 2 unspecified atom stereocenters. The SMILES string of the molecule is CCOc1ccc(NC(=O)[C@@H]2[C@H]3C(=O)N([C@@H](CO)C(C)C)C(C(=O)NC(C)(C)C)C34CC[C@@]2(C)O4)cc1. The Morgan fingerprint density at radius 3 is 2.38 bits per heavy atom. The third-order valence-electron chi connectivity index (χ3n) is 7.99. The number of carbonyl (C=O) groups excluding carboxylic acids is 3. The zero-order valence-electron chi connectivity index (χ0n) is 23.0. The lowest BCUT2D eigenvalue weighted by molar-refractivity contribution is -0.150. The summed E-state index contributed by atoms with van der Waals surface area (Å²) < 4.78 is 12.1. The quantitative estimate of drug-likeness (QED) is 0.490. The molecule has 37 heavy (non-hydrogen) atoms. The Labute approximate surface area is 219 Å². The molecule has 3 N–H and O–H groups in total. The second-order valence-corrected chi connectivity index (χ2v) is 12.2. The van der Waals surface area contributed by atoms with Gasteiger partial charge >= 0.3 is 0 Å². The molecule has 4 rings (SSSR count). The monoisotopic (exact) mass is 515 g/mol. The van der Waals surface area contributed by atoms with Gasteiger partial charge in [-0.2, -0.15) is 0 Å². The predicted molar refractivity (Wildman–Crippen MR) is 139 cm³/mol. The van der Waals surface area contributed by atoms with Gasteiger partial charge in [0.2, 0.25) is 17.7 Å². The fourth-order valence-corrected chi connectivity index (χ4v) is 6.50. The molecule has 3 amide bonds. The molecule has 1 aromatic rings. The van der Waals surface area contributed by atoms with Gasteiger partial charge in [0.1, 0.15) is 17.4 Å². The number of rotatable bonds is 8. The van der Waals surface area contributed by atoms with Gasteiger partial charge in [-0.25, -0.2) is 0 Å². The number of hydrogen-bond donors (Lipinski definition) is 3. The van der Waals surface area contributed by atoms with E-state index in [9.17, 15) is 19.5 Å². The van der Waals surface area contributed by atoms with E-state index in [2.05, 4.69) is 10.6 Å². The number of likely N-dealkylation sites (tertiary alicyclic amines) is 1. The number of fused-ring (bicyclic) bond motifs is 1. The van der Waals surface area contributed by atoms with E-state index in [1.165, 1.54) is 4.90 Å². The summed E-state index contributed by atoms with van der Waals surface area (Å²) in [5.41, 5.74) is -1.95. The molecular weight excluding hydrogens is 474 g/mol. The molecule has 6 atom stereocenters. The predicted octanol–water partition coefficient (Wildman–Crippen LogP) is 2.72. The summed E-state index contributed by atoms with van der Waals surface area (Å²) in [6.45, 7) is 13.5. The number of aliphatic hydroxyl groups excluding tert-OH is 1. The Kier molecular flexibility index (Phi) is 7.09. The zero-order valence-corrected chi connectivity index (χ0v) is 23.0. The third-order valence-corrected chi connectivity index (χ3v) is 7.99. The maximum Gasteiger partial charge on any atom is 0.246 e. The van der Waals surface area contributed by atoms with Gasteiger partial charge in [0.25, 0.3) is 0 Å². The second kappa shape index (κ2) is 9.58. The molecule has 3 aliphatic rings. The number of carbonyl (C=O) groups is 3. The first kappa shape index (κ1) is 27.4. The second-order valence-electron chi connectivity index (χ2n) is 12.2. The van der Waals surface area contributed by atoms with Crippen LogP contribution in [-0.4, -0.2) is 69.8 Å². The van der Waals surface area contributed by atoms with Crippen LogP contribution < -0.4 is 15.4 Å². The third kappa shape index (κ3) is 4.61. The maximum absolute atomic E-state index is 14.1. The number of amides is 3. The van der Waals surface area contributed by atoms with Crippen molar-refractivity contribution >= 4 is 23.4 Å². The van der Waals surface area contributed by atoms with Crippen LogP contribution in [0.15, 0.2) is 24.3 Å². The van der Waals surface area contributed by atoms with E-state index in [0.29, 0.717) is 30.9 Å². The van der Waals surface area contributed by atoms with Crippen molar-refractivity contribution in [3.63, 3.8) is 0 Å². The number of nitrogens with one attached hydrogen (secondary N) is 2. The molecule has 1 aromatic carbocycles. The first-order valence-electron chi connectivity index (χ1n) is 13.3. The molecular formula is C28H41N3O6. The first-order chi connectivity index (χ1) is 17.3. The van der Waals surface area contributed by atoms with Crippen LogP contribution in [-0.2, 0) is 19.1 Å². The van der Waals surface area contributed by atoms with E-state index < -0.39 is 40.7 Å². The van der Waals surface area contributed by atoms with Crippen molar-refractivity contribution in [3.05, 3.63) is 24.3 Å². The Hall–Kier alpha value is -2.65. The number of anilines is 1. The molecule has 0 radical (unpaired) electrons. The molecule has 204 valence electrons. The summed E-state index contributed by atoms with van der Waals surface area (Å²) >= 11 is 0. The Morgan fingerprint density at radius 1 is 1.19 bits per heavy atom. The number of benzene rings is 1. The zero-order chi connectivity index (χ0) is 27.3. The van der Waals surface area contributed by atoms with E-state index in [-0.39, 0.29) is 30.2 Å². The van der Waals surface area contributed by atoms with E-state index in [1.54, 1.807) is 24.3 Å². The molecule has 3 fully saturated rings. The largest absolute Gasteiger partial charge is 0.494 e. The molecule has 0 aliphatic carbocycles. The summed E-state index contributed by atoms with van der Waals surface area (Å²) in [4.78, 5) is 43.2. The van der Waals surface area contributed by atoms with Gasteiger partial charge in [0.05, 0.1) is 36.7 Å². The van der Waals surface area contributed by atoms with Crippen LogP contribution in [0.5, 0.6) is 5.75 Å². The molecule has 3 saturated heterocycles. The van der Waals surface area contributed by atoms with Crippen LogP contribution >= 0.6 is 0 Å². The van der Waals surface area contributed by atoms with Crippen LogP contribution in [0.25, 0.3) is 0 Å². The normalized spacial score (nSPS) is 31.4.